The lowest BCUT2D eigenvalue weighted by Crippen LogP contribution is -2.44. The molecule has 2 heterocycles. The van der Waals surface area contributed by atoms with Gasteiger partial charge in [0.25, 0.3) is 0 Å². The van der Waals surface area contributed by atoms with Crippen molar-refractivity contribution in [2.75, 3.05) is 46.3 Å². The fraction of sp³-hybridized carbons (Fsp3) is 0.571. The summed E-state index contributed by atoms with van der Waals surface area (Å²) >= 11 is 6.24. The average Bonchev–Trinajstić information content (AvgIpc) is 3.04. The van der Waals surface area contributed by atoms with Crippen LogP contribution in [-0.2, 0) is 4.79 Å². The zero-order valence-corrected chi connectivity index (χ0v) is 21.2. The van der Waals surface area contributed by atoms with E-state index in [1.54, 1.807) is 0 Å². The number of piperidine rings is 1. The topological polar surface area (TPSA) is 89.1 Å². The molecule has 3 rings (SSSR count). The molecule has 31 heavy (non-hydrogen) atoms. The van der Waals surface area contributed by atoms with Gasteiger partial charge in [0.2, 0.25) is 5.91 Å². The van der Waals surface area contributed by atoms with E-state index in [-0.39, 0.29) is 48.5 Å². The van der Waals surface area contributed by atoms with Crippen LogP contribution < -0.4 is 16.0 Å². The summed E-state index contributed by atoms with van der Waals surface area (Å²) in [6.07, 6.45) is 2.25. The van der Waals surface area contributed by atoms with Gasteiger partial charge in [-0.1, -0.05) is 23.7 Å². The Kier molecular flexibility index (Phi) is 10.3. The largest absolute Gasteiger partial charge is 0.357 e. The summed E-state index contributed by atoms with van der Waals surface area (Å²) in [5, 5.41) is 9.76. The Morgan fingerprint density at radius 1 is 1.32 bits per heavy atom. The van der Waals surface area contributed by atoms with Gasteiger partial charge >= 0.3 is 6.03 Å². The summed E-state index contributed by atoms with van der Waals surface area (Å²) in [4.78, 5) is 31.8. The smallest absolute Gasteiger partial charge is 0.324 e. The van der Waals surface area contributed by atoms with Crippen molar-refractivity contribution in [1.29, 1.82) is 0 Å². The van der Waals surface area contributed by atoms with Crippen LogP contribution in [0.3, 0.4) is 0 Å². The number of nitrogens with one attached hydrogen (secondary N) is 3. The van der Waals surface area contributed by atoms with Crippen LogP contribution in [0.1, 0.15) is 31.4 Å². The summed E-state index contributed by atoms with van der Waals surface area (Å²) in [5.41, 5.74) is 1.22. The van der Waals surface area contributed by atoms with E-state index in [0.717, 1.165) is 31.0 Å². The Balaban J connectivity index is 0.00000341. The monoisotopic (exact) mass is 562 g/mol. The van der Waals surface area contributed by atoms with Crippen molar-refractivity contribution in [2.45, 2.75) is 25.8 Å². The minimum Gasteiger partial charge on any atom is -0.357 e. The van der Waals surface area contributed by atoms with Crippen LogP contribution in [0.2, 0.25) is 5.02 Å². The maximum Gasteiger partial charge on any atom is 0.324 e. The predicted octanol–water partition coefficient (Wildman–Crippen LogP) is 2.45. The van der Waals surface area contributed by atoms with E-state index in [4.69, 9.17) is 16.6 Å². The van der Waals surface area contributed by atoms with E-state index >= 15 is 0 Å². The second-order valence-electron chi connectivity index (χ2n) is 7.73. The number of nitrogens with zero attached hydrogens (tertiary/aromatic N) is 3. The Morgan fingerprint density at radius 2 is 2.13 bits per heavy atom. The average molecular weight is 563 g/mol. The number of halogens is 2. The molecule has 0 aliphatic carbocycles. The van der Waals surface area contributed by atoms with Crippen molar-refractivity contribution in [1.82, 2.24) is 25.8 Å². The number of carbonyl (C=O) groups excluding carboxylic acids is 2. The molecule has 2 saturated heterocycles. The lowest BCUT2D eigenvalue weighted by molar-refractivity contribution is -0.124. The van der Waals surface area contributed by atoms with Gasteiger partial charge in [-0.2, -0.15) is 0 Å². The molecule has 0 radical (unpaired) electrons. The highest BCUT2D eigenvalue weighted by Gasteiger charge is 2.31. The molecule has 3 N–H and O–H groups in total. The minimum absolute atomic E-state index is 0. The van der Waals surface area contributed by atoms with Gasteiger partial charge in [0, 0.05) is 37.2 Å². The van der Waals surface area contributed by atoms with Crippen molar-refractivity contribution in [3.05, 3.63) is 34.9 Å². The van der Waals surface area contributed by atoms with Crippen LogP contribution in [-0.4, -0.2) is 74.0 Å². The minimum atomic E-state index is -0.335. The van der Waals surface area contributed by atoms with Crippen LogP contribution in [0.4, 0.5) is 4.79 Å². The lowest BCUT2D eigenvalue weighted by Gasteiger charge is -2.39. The molecular formula is C21H32ClIN6O2. The van der Waals surface area contributed by atoms with E-state index in [9.17, 15) is 9.59 Å². The van der Waals surface area contributed by atoms with Crippen molar-refractivity contribution in [3.63, 3.8) is 0 Å². The summed E-state index contributed by atoms with van der Waals surface area (Å²) in [5.74, 6) is 0.879. The summed E-state index contributed by atoms with van der Waals surface area (Å²) in [7, 11) is 2.16. The van der Waals surface area contributed by atoms with Crippen LogP contribution >= 0.6 is 35.6 Å². The summed E-state index contributed by atoms with van der Waals surface area (Å²) < 4.78 is 0. The van der Waals surface area contributed by atoms with E-state index in [2.05, 4.69) is 34.0 Å². The number of carbonyl (C=O) groups is 2. The molecule has 0 aromatic heterocycles. The van der Waals surface area contributed by atoms with E-state index in [1.165, 1.54) is 10.5 Å². The fourth-order valence-electron chi connectivity index (χ4n) is 4.19. The molecule has 1 aromatic rings. The molecule has 2 aliphatic heterocycles. The zero-order chi connectivity index (χ0) is 21.5. The van der Waals surface area contributed by atoms with Gasteiger partial charge < -0.3 is 16.0 Å². The Morgan fingerprint density at radius 3 is 2.81 bits per heavy atom. The number of aliphatic imine (C=N–C) groups is 1. The maximum atomic E-state index is 11.7. The molecule has 10 heteroatoms. The van der Waals surface area contributed by atoms with Crippen molar-refractivity contribution >= 4 is 53.5 Å². The lowest BCUT2D eigenvalue weighted by atomic mass is 9.85. The maximum absolute atomic E-state index is 11.7. The number of hydrogen-bond acceptors (Lipinski definition) is 4. The fourth-order valence-corrected chi connectivity index (χ4v) is 4.38. The first-order chi connectivity index (χ1) is 14.5. The molecule has 2 unspecified atom stereocenters. The van der Waals surface area contributed by atoms with E-state index < -0.39 is 0 Å². The van der Waals surface area contributed by atoms with Gasteiger partial charge in [-0.25, -0.2) is 4.79 Å². The first kappa shape index (κ1) is 25.7. The number of imide groups is 1. The molecule has 3 amide bonds. The molecule has 2 aliphatic rings. The highest BCUT2D eigenvalue weighted by molar-refractivity contribution is 14.0. The highest BCUT2D eigenvalue weighted by Crippen LogP contribution is 2.36. The molecule has 2 fully saturated rings. The van der Waals surface area contributed by atoms with E-state index in [1.807, 2.05) is 25.1 Å². The first-order valence-corrected chi connectivity index (χ1v) is 10.9. The second-order valence-corrected chi connectivity index (χ2v) is 8.17. The first-order valence-electron chi connectivity index (χ1n) is 10.6. The standard InChI is InChI=1S/C21H31ClN6O2.HI/c1-3-23-20(24-9-11-28-18(29)14-26-21(28)30)25-13-16-7-5-10-27(2)19(16)15-6-4-8-17(22)12-15;/h4,6,8,12,16,19H,3,5,7,9-11,13-14H2,1-2H3,(H,26,30)(H2,23,24,25);1H. The number of guanidine groups is 1. The third-order valence-corrected chi connectivity index (χ3v) is 5.83. The van der Waals surface area contributed by atoms with Crippen LogP contribution in [0, 0.1) is 5.92 Å². The SMILES string of the molecule is CCNC(=NCC1CCCN(C)C1c1cccc(Cl)c1)NCCN1C(=O)CNC1=O.I. The van der Waals surface area contributed by atoms with Crippen LogP contribution in [0.25, 0.3) is 0 Å². The van der Waals surface area contributed by atoms with Gasteiger partial charge in [-0.05, 0) is 57.0 Å². The summed E-state index contributed by atoms with van der Waals surface area (Å²) in [6, 6.07) is 8.03. The van der Waals surface area contributed by atoms with Crippen molar-refractivity contribution in [3.8, 4) is 0 Å². The Labute approximate surface area is 206 Å². The number of hydrogen-bond donors (Lipinski definition) is 3. The number of rotatable bonds is 7. The number of amides is 3. The number of likely N-dealkylation sites (tertiary alicyclic amines) is 1. The van der Waals surface area contributed by atoms with Gasteiger partial charge in [0.1, 0.15) is 0 Å². The molecule has 0 spiro atoms. The van der Waals surface area contributed by atoms with Gasteiger partial charge in [-0.3, -0.25) is 19.6 Å². The second kappa shape index (κ2) is 12.4. The molecular weight excluding hydrogens is 531 g/mol. The Hall–Kier alpha value is -1.59. The predicted molar refractivity (Wildman–Crippen MR) is 134 cm³/mol. The van der Waals surface area contributed by atoms with Gasteiger partial charge in [0.15, 0.2) is 5.96 Å². The van der Waals surface area contributed by atoms with Crippen LogP contribution in [0.15, 0.2) is 29.3 Å². The molecule has 0 bridgehead atoms. The molecule has 172 valence electrons. The number of benzene rings is 1. The van der Waals surface area contributed by atoms with Crippen molar-refractivity contribution < 1.29 is 9.59 Å². The third-order valence-electron chi connectivity index (χ3n) is 5.59. The van der Waals surface area contributed by atoms with Crippen molar-refractivity contribution in [2.24, 2.45) is 10.9 Å². The van der Waals surface area contributed by atoms with Crippen LogP contribution in [0.5, 0.6) is 0 Å². The zero-order valence-electron chi connectivity index (χ0n) is 18.1. The van der Waals surface area contributed by atoms with E-state index in [0.29, 0.717) is 31.5 Å². The highest BCUT2D eigenvalue weighted by atomic mass is 127. The molecule has 8 nitrogen and oxygen atoms in total. The molecule has 0 saturated carbocycles. The normalized spacial score (nSPS) is 22.2. The van der Waals surface area contributed by atoms with Gasteiger partial charge in [0.05, 0.1) is 6.54 Å². The molecule has 2 atom stereocenters. The summed E-state index contributed by atoms with van der Waals surface area (Å²) in [6.45, 7) is 5.32. The molecule has 1 aromatic carbocycles. The quantitative estimate of drug-likeness (QED) is 0.206. The van der Waals surface area contributed by atoms with Gasteiger partial charge in [-0.15, -0.1) is 24.0 Å². The third kappa shape index (κ3) is 6.95. The Bertz CT molecular complexity index is 777. The number of urea groups is 1.